The van der Waals surface area contributed by atoms with Crippen LogP contribution in [0, 0.1) is 0 Å². The zero-order valence-corrected chi connectivity index (χ0v) is 10.4. The molecular formula is C13H22N2O2. The van der Waals surface area contributed by atoms with E-state index in [1.165, 1.54) is 0 Å². The summed E-state index contributed by atoms with van der Waals surface area (Å²) >= 11 is 0. The maximum absolute atomic E-state index is 9.41. The van der Waals surface area contributed by atoms with Crippen molar-refractivity contribution in [2.75, 3.05) is 33.4 Å². The van der Waals surface area contributed by atoms with Gasteiger partial charge in [-0.05, 0) is 37.2 Å². The molecule has 1 aromatic rings. The van der Waals surface area contributed by atoms with E-state index in [1.54, 1.807) is 19.2 Å². The van der Waals surface area contributed by atoms with Crippen LogP contribution in [-0.2, 0) is 11.3 Å². The summed E-state index contributed by atoms with van der Waals surface area (Å²) in [5.74, 6) is 0.313. The molecule has 17 heavy (non-hydrogen) atoms. The molecule has 0 aliphatic heterocycles. The highest BCUT2D eigenvalue weighted by molar-refractivity contribution is 5.26. The molecule has 0 radical (unpaired) electrons. The van der Waals surface area contributed by atoms with Gasteiger partial charge in [0.2, 0.25) is 0 Å². The predicted molar refractivity (Wildman–Crippen MR) is 68.9 cm³/mol. The van der Waals surface area contributed by atoms with Crippen LogP contribution in [-0.4, -0.2) is 43.4 Å². The van der Waals surface area contributed by atoms with Crippen LogP contribution in [0.25, 0.3) is 0 Å². The first-order valence-electron chi connectivity index (χ1n) is 5.95. The molecule has 0 spiro atoms. The van der Waals surface area contributed by atoms with Gasteiger partial charge in [0.05, 0.1) is 6.61 Å². The van der Waals surface area contributed by atoms with E-state index < -0.39 is 0 Å². The first-order chi connectivity index (χ1) is 8.26. The van der Waals surface area contributed by atoms with Gasteiger partial charge in [0.25, 0.3) is 0 Å². The second-order valence-electron chi connectivity index (χ2n) is 4.08. The maximum Gasteiger partial charge on any atom is 0.115 e. The fraction of sp³-hybridized carbons (Fsp3) is 0.538. The summed E-state index contributed by atoms with van der Waals surface area (Å²) in [5.41, 5.74) is 6.63. The number of methoxy groups -OCH3 is 1. The number of phenols is 1. The van der Waals surface area contributed by atoms with Gasteiger partial charge in [0, 0.05) is 20.2 Å². The van der Waals surface area contributed by atoms with Crippen LogP contribution in [0.2, 0.25) is 0 Å². The number of benzene rings is 1. The molecule has 1 aromatic carbocycles. The van der Waals surface area contributed by atoms with Crippen molar-refractivity contribution in [2.45, 2.75) is 13.0 Å². The SMILES string of the molecule is COCCN(CCCN)Cc1cccc(O)c1. The Kier molecular flexibility index (Phi) is 6.62. The summed E-state index contributed by atoms with van der Waals surface area (Å²) in [6, 6.07) is 7.36. The maximum atomic E-state index is 9.41. The Balaban J connectivity index is 2.51. The molecule has 0 amide bonds. The van der Waals surface area contributed by atoms with Gasteiger partial charge >= 0.3 is 0 Å². The largest absolute Gasteiger partial charge is 0.508 e. The van der Waals surface area contributed by atoms with Gasteiger partial charge in [-0.3, -0.25) is 4.90 Å². The first kappa shape index (κ1) is 14.0. The standard InChI is InChI=1S/C13H22N2O2/c1-17-9-8-15(7-3-6-14)11-12-4-2-5-13(16)10-12/h2,4-5,10,16H,3,6-9,11,14H2,1H3. The average molecular weight is 238 g/mol. The lowest BCUT2D eigenvalue weighted by Crippen LogP contribution is -2.29. The van der Waals surface area contributed by atoms with E-state index in [-0.39, 0.29) is 0 Å². The second-order valence-corrected chi connectivity index (χ2v) is 4.08. The van der Waals surface area contributed by atoms with Gasteiger partial charge in [-0.1, -0.05) is 12.1 Å². The van der Waals surface area contributed by atoms with E-state index >= 15 is 0 Å². The highest BCUT2D eigenvalue weighted by atomic mass is 16.5. The summed E-state index contributed by atoms with van der Waals surface area (Å²) in [5, 5.41) is 9.41. The first-order valence-corrected chi connectivity index (χ1v) is 5.95. The molecule has 4 heteroatoms. The van der Waals surface area contributed by atoms with Crippen LogP contribution in [0.5, 0.6) is 5.75 Å². The molecule has 1 rings (SSSR count). The van der Waals surface area contributed by atoms with Crippen LogP contribution in [0.1, 0.15) is 12.0 Å². The van der Waals surface area contributed by atoms with E-state index in [1.807, 2.05) is 12.1 Å². The monoisotopic (exact) mass is 238 g/mol. The molecule has 0 bridgehead atoms. The topological polar surface area (TPSA) is 58.7 Å². The third kappa shape index (κ3) is 5.68. The minimum Gasteiger partial charge on any atom is -0.508 e. The molecule has 0 atom stereocenters. The van der Waals surface area contributed by atoms with Crippen molar-refractivity contribution in [1.29, 1.82) is 0 Å². The zero-order chi connectivity index (χ0) is 12.5. The van der Waals surface area contributed by atoms with Crippen molar-refractivity contribution < 1.29 is 9.84 Å². The van der Waals surface area contributed by atoms with E-state index in [9.17, 15) is 5.11 Å². The number of hydrogen-bond donors (Lipinski definition) is 2. The van der Waals surface area contributed by atoms with E-state index in [0.717, 1.165) is 31.6 Å². The van der Waals surface area contributed by atoms with E-state index in [4.69, 9.17) is 10.5 Å². The van der Waals surface area contributed by atoms with Crippen molar-refractivity contribution in [2.24, 2.45) is 5.73 Å². The Morgan fingerprint density at radius 1 is 1.35 bits per heavy atom. The number of aromatic hydroxyl groups is 1. The summed E-state index contributed by atoms with van der Waals surface area (Å²) in [6.07, 6.45) is 0.975. The Labute approximate surface area is 103 Å². The number of nitrogens with two attached hydrogens (primary N) is 1. The molecule has 96 valence electrons. The summed E-state index contributed by atoms with van der Waals surface area (Å²) in [4.78, 5) is 2.28. The minimum absolute atomic E-state index is 0.313. The molecule has 0 fully saturated rings. The molecule has 0 aromatic heterocycles. The predicted octanol–water partition coefficient (Wildman–Crippen LogP) is 1.19. The Hall–Kier alpha value is -1.10. The zero-order valence-electron chi connectivity index (χ0n) is 10.4. The third-order valence-corrected chi connectivity index (χ3v) is 2.61. The van der Waals surface area contributed by atoms with Crippen LogP contribution in [0.4, 0.5) is 0 Å². The second kappa shape index (κ2) is 8.06. The fourth-order valence-corrected chi connectivity index (χ4v) is 1.72. The van der Waals surface area contributed by atoms with Gasteiger partial charge < -0.3 is 15.6 Å². The Bertz CT molecular complexity index is 310. The van der Waals surface area contributed by atoms with Crippen molar-refractivity contribution >= 4 is 0 Å². The van der Waals surface area contributed by atoms with Crippen LogP contribution >= 0.6 is 0 Å². The molecule has 0 heterocycles. The van der Waals surface area contributed by atoms with Crippen molar-refractivity contribution in [1.82, 2.24) is 4.90 Å². The molecular weight excluding hydrogens is 216 g/mol. The number of phenolic OH excluding ortho intramolecular Hbond substituents is 1. The molecule has 4 nitrogen and oxygen atoms in total. The third-order valence-electron chi connectivity index (χ3n) is 2.61. The van der Waals surface area contributed by atoms with Crippen molar-refractivity contribution in [3.8, 4) is 5.75 Å². The normalized spacial score (nSPS) is 11.0. The minimum atomic E-state index is 0.313. The lowest BCUT2D eigenvalue weighted by Gasteiger charge is -2.21. The lowest BCUT2D eigenvalue weighted by molar-refractivity contribution is 0.143. The van der Waals surface area contributed by atoms with Crippen LogP contribution in [0.3, 0.4) is 0 Å². The quantitative estimate of drug-likeness (QED) is 0.714. The molecule has 0 aliphatic carbocycles. The summed E-state index contributed by atoms with van der Waals surface area (Å²) < 4.78 is 5.09. The molecule has 3 N–H and O–H groups in total. The van der Waals surface area contributed by atoms with Gasteiger partial charge in [-0.2, -0.15) is 0 Å². The highest BCUT2D eigenvalue weighted by Crippen LogP contribution is 2.13. The Morgan fingerprint density at radius 3 is 2.82 bits per heavy atom. The average Bonchev–Trinajstić information content (AvgIpc) is 2.32. The van der Waals surface area contributed by atoms with Crippen molar-refractivity contribution in [3.05, 3.63) is 29.8 Å². The van der Waals surface area contributed by atoms with E-state index in [0.29, 0.717) is 18.9 Å². The van der Waals surface area contributed by atoms with Gasteiger partial charge in [0.1, 0.15) is 5.75 Å². The summed E-state index contributed by atoms with van der Waals surface area (Å²) in [6.45, 7) is 4.06. The number of ether oxygens (including phenoxy) is 1. The van der Waals surface area contributed by atoms with Crippen LogP contribution < -0.4 is 5.73 Å². The molecule has 0 aliphatic rings. The fourth-order valence-electron chi connectivity index (χ4n) is 1.72. The van der Waals surface area contributed by atoms with Gasteiger partial charge in [-0.25, -0.2) is 0 Å². The van der Waals surface area contributed by atoms with Crippen molar-refractivity contribution in [3.63, 3.8) is 0 Å². The van der Waals surface area contributed by atoms with E-state index in [2.05, 4.69) is 4.90 Å². The summed E-state index contributed by atoms with van der Waals surface area (Å²) in [7, 11) is 1.70. The Morgan fingerprint density at radius 2 is 2.18 bits per heavy atom. The number of hydrogen-bond acceptors (Lipinski definition) is 4. The van der Waals surface area contributed by atoms with Crippen LogP contribution in [0.15, 0.2) is 24.3 Å². The number of nitrogens with zero attached hydrogens (tertiary/aromatic N) is 1. The van der Waals surface area contributed by atoms with Gasteiger partial charge in [0.15, 0.2) is 0 Å². The van der Waals surface area contributed by atoms with Gasteiger partial charge in [-0.15, -0.1) is 0 Å². The molecule has 0 saturated heterocycles. The molecule has 0 saturated carbocycles. The lowest BCUT2D eigenvalue weighted by atomic mass is 10.2. The smallest absolute Gasteiger partial charge is 0.115 e. The molecule has 0 unspecified atom stereocenters. The number of rotatable bonds is 8. The highest BCUT2D eigenvalue weighted by Gasteiger charge is 2.05.